The van der Waals surface area contributed by atoms with Gasteiger partial charge in [0.2, 0.25) is 0 Å². The minimum atomic E-state index is -1.36. The van der Waals surface area contributed by atoms with Gasteiger partial charge in [0.15, 0.2) is 11.9 Å². The quantitative estimate of drug-likeness (QED) is 0.480. The van der Waals surface area contributed by atoms with Gasteiger partial charge in [-0.15, -0.1) is 0 Å². The third kappa shape index (κ3) is 1.94. The van der Waals surface area contributed by atoms with Crippen LogP contribution in [-0.2, 0) is 9.53 Å². The molecular weight excluding hydrogens is 161 g/mol. The first-order valence-corrected chi connectivity index (χ1v) is 4.17. The van der Waals surface area contributed by atoms with Gasteiger partial charge in [0.05, 0.1) is 0 Å². The highest BCUT2D eigenvalue weighted by atomic mass is 19.1. The Kier molecular flexibility index (Phi) is 2.67. The van der Waals surface area contributed by atoms with Crippen molar-refractivity contribution in [1.82, 2.24) is 0 Å². The SMILES string of the molecule is CC(=O)OC1(N)CCCCC1F. The smallest absolute Gasteiger partial charge is 0.304 e. The van der Waals surface area contributed by atoms with E-state index in [-0.39, 0.29) is 0 Å². The molecule has 0 aromatic rings. The van der Waals surface area contributed by atoms with Crippen LogP contribution < -0.4 is 5.73 Å². The molecule has 2 unspecified atom stereocenters. The zero-order chi connectivity index (χ0) is 9.19. The Morgan fingerprint density at radius 3 is 2.83 bits per heavy atom. The molecule has 1 aliphatic rings. The van der Waals surface area contributed by atoms with Crippen LogP contribution in [0.5, 0.6) is 0 Å². The van der Waals surface area contributed by atoms with E-state index in [2.05, 4.69) is 0 Å². The van der Waals surface area contributed by atoms with Crippen molar-refractivity contribution in [3.05, 3.63) is 0 Å². The lowest BCUT2D eigenvalue weighted by Crippen LogP contribution is -2.53. The summed E-state index contributed by atoms with van der Waals surface area (Å²) in [6, 6.07) is 0. The first-order chi connectivity index (χ1) is 5.54. The van der Waals surface area contributed by atoms with Gasteiger partial charge in [-0.2, -0.15) is 0 Å². The number of ether oxygens (including phenoxy) is 1. The molecule has 1 saturated carbocycles. The lowest BCUT2D eigenvalue weighted by atomic mass is 9.90. The lowest BCUT2D eigenvalue weighted by molar-refractivity contribution is -0.168. The van der Waals surface area contributed by atoms with Crippen molar-refractivity contribution in [3.8, 4) is 0 Å². The minimum Gasteiger partial charge on any atom is -0.441 e. The van der Waals surface area contributed by atoms with Gasteiger partial charge < -0.3 is 4.74 Å². The predicted octanol–water partition coefficient (Wildman–Crippen LogP) is 1.12. The Morgan fingerprint density at radius 2 is 2.33 bits per heavy atom. The standard InChI is InChI=1S/C8H14FNO2/c1-6(11)12-8(10)5-3-2-4-7(8)9/h7H,2-5,10H2,1H3. The van der Waals surface area contributed by atoms with Crippen LogP contribution >= 0.6 is 0 Å². The Balaban J connectivity index is 2.59. The molecule has 4 heteroatoms. The van der Waals surface area contributed by atoms with E-state index in [9.17, 15) is 9.18 Å². The second kappa shape index (κ2) is 3.39. The highest BCUT2D eigenvalue weighted by Gasteiger charge is 2.40. The number of nitrogens with two attached hydrogens (primary N) is 1. The van der Waals surface area contributed by atoms with Crippen molar-refractivity contribution in [1.29, 1.82) is 0 Å². The molecule has 0 spiro atoms. The van der Waals surface area contributed by atoms with E-state index in [1.54, 1.807) is 0 Å². The second-order valence-electron chi connectivity index (χ2n) is 3.26. The number of hydrogen-bond acceptors (Lipinski definition) is 3. The molecule has 2 atom stereocenters. The summed E-state index contributed by atoms with van der Waals surface area (Å²) in [4.78, 5) is 10.6. The van der Waals surface area contributed by atoms with E-state index in [0.29, 0.717) is 12.8 Å². The molecule has 0 amide bonds. The molecule has 0 radical (unpaired) electrons. The van der Waals surface area contributed by atoms with E-state index in [1.807, 2.05) is 0 Å². The average Bonchev–Trinajstić information content (AvgIpc) is 1.94. The largest absolute Gasteiger partial charge is 0.441 e. The highest BCUT2D eigenvalue weighted by molar-refractivity contribution is 5.66. The van der Waals surface area contributed by atoms with E-state index < -0.39 is 17.9 Å². The summed E-state index contributed by atoms with van der Waals surface area (Å²) in [5.41, 5.74) is 4.23. The van der Waals surface area contributed by atoms with Crippen molar-refractivity contribution < 1.29 is 13.9 Å². The third-order valence-electron chi connectivity index (χ3n) is 2.14. The molecule has 2 N–H and O–H groups in total. The first-order valence-electron chi connectivity index (χ1n) is 4.17. The second-order valence-corrected chi connectivity index (χ2v) is 3.26. The van der Waals surface area contributed by atoms with Crippen molar-refractivity contribution in [2.75, 3.05) is 0 Å². The van der Waals surface area contributed by atoms with E-state index >= 15 is 0 Å². The normalized spacial score (nSPS) is 36.1. The van der Waals surface area contributed by atoms with Gasteiger partial charge in [-0.05, 0) is 12.8 Å². The molecule has 0 aliphatic heterocycles. The number of alkyl halides is 1. The van der Waals surface area contributed by atoms with Crippen molar-refractivity contribution in [2.45, 2.75) is 44.5 Å². The molecule has 12 heavy (non-hydrogen) atoms. The van der Waals surface area contributed by atoms with Crippen molar-refractivity contribution >= 4 is 5.97 Å². The number of rotatable bonds is 1. The summed E-state index contributed by atoms with van der Waals surface area (Å²) in [5, 5.41) is 0. The molecule has 1 rings (SSSR count). The van der Waals surface area contributed by atoms with Crippen molar-refractivity contribution in [3.63, 3.8) is 0 Å². The lowest BCUT2D eigenvalue weighted by Gasteiger charge is -2.35. The maximum atomic E-state index is 13.2. The Morgan fingerprint density at radius 1 is 1.67 bits per heavy atom. The maximum absolute atomic E-state index is 13.2. The van der Waals surface area contributed by atoms with Gasteiger partial charge in [0, 0.05) is 13.3 Å². The summed E-state index contributed by atoms with van der Waals surface area (Å²) in [6.45, 7) is 1.25. The molecule has 1 fully saturated rings. The number of carbonyl (C=O) groups is 1. The summed E-state index contributed by atoms with van der Waals surface area (Å²) in [7, 11) is 0. The van der Waals surface area contributed by atoms with Crippen LogP contribution in [0.25, 0.3) is 0 Å². The van der Waals surface area contributed by atoms with Crippen LogP contribution in [-0.4, -0.2) is 17.9 Å². The zero-order valence-electron chi connectivity index (χ0n) is 7.18. The van der Waals surface area contributed by atoms with Gasteiger partial charge in [0.25, 0.3) is 0 Å². The molecular formula is C8H14FNO2. The molecule has 0 heterocycles. The Bertz CT molecular complexity index is 186. The molecule has 0 aromatic heterocycles. The fourth-order valence-electron chi connectivity index (χ4n) is 1.51. The van der Waals surface area contributed by atoms with E-state index in [0.717, 1.165) is 12.8 Å². The summed E-state index contributed by atoms with van der Waals surface area (Å²) in [6.07, 6.45) is 1.25. The van der Waals surface area contributed by atoms with E-state index in [4.69, 9.17) is 10.5 Å². The predicted molar refractivity (Wildman–Crippen MR) is 42.0 cm³/mol. The van der Waals surface area contributed by atoms with Gasteiger partial charge >= 0.3 is 5.97 Å². The topological polar surface area (TPSA) is 52.3 Å². The molecule has 1 aliphatic carbocycles. The fourth-order valence-corrected chi connectivity index (χ4v) is 1.51. The zero-order valence-corrected chi connectivity index (χ0v) is 7.18. The third-order valence-corrected chi connectivity index (χ3v) is 2.14. The minimum absolute atomic E-state index is 0.393. The van der Waals surface area contributed by atoms with Crippen LogP contribution in [0.4, 0.5) is 4.39 Å². The van der Waals surface area contributed by atoms with Gasteiger partial charge in [-0.3, -0.25) is 10.5 Å². The van der Waals surface area contributed by atoms with Crippen LogP contribution in [0.2, 0.25) is 0 Å². The molecule has 70 valence electrons. The first kappa shape index (κ1) is 9.45. The summed E-state index contributed by atoms with van der Waals surface area (Å²) >= 11 is 0. The van der Waals surface area contributed by atoms with Gasteiger partial charge in [-0.1, -0.05) is 6.42 Å². The van der Waals surface area contributed by atoms with E-state index in [1.165, 1.54) is 6.92 Å². The van der Waals surface area contributed by atoms with Crippen LogP contribution in [0.1, 0.15) is 32.6 Å². The number of hydrogen-bond donors (Lipinski definition) is 1. The number of halogens is 1. The monoisotopic (exact) mass is 175 g/mol. The maximum Gasteiger partial charge on any atom is 0.304 e. The van der Waals surface area contributed by atoms with Gasteiger partial charge in [-0.25, -0.2) is 4.39 Å². The molecule has 0 bridgehead atoms. The van der Waals surface area contributed by atoms with Crippen LogP contribution in [0.15, 0.2) is 0 Å². The fraction of sp³-hybridized carbons (Fsp3) is 0.875. The van der Waals surface area contributed by atoms with Gasteiger partial charge in [0.1, 0.15) is 0 Å². The highest BCUT2D eigenvalue weighted by Crippen LogP contribution is 2.29. The Hall–Kier alpha value is -0.640. The molecule has 0 aromatic carbocycles. The average molecular weight is 175 g/mol. The number of carbonyl (C=O) groups excluding carboxylic acids is 1. The van der Waals surface area contributed by atoms with Crippen molar-refractivity contribution in [2.24, 2.45) is 5.73 Å². The molecule has 0 saturated heterocycles. The summed E-state index contributed by atoms with van der Waals surface area (Å²) in [5.74, 6) is -0.512. The summed E-state index contributed by atoms with van der Waals surface area (Å²) < 4.78 is 17.9. The number of esters is 1. The molecule has 3 nitrogen and oxygen atoms in total. The van der Waals surface area contributed by atoms with Crippen LogP contribution in [0, 0.1) is 0 Å². The van der Waals surface area contributed by atoms with Crippen LogP contribution in [0.3, 0.4) is 0 Å². The Labute approximate surface area is 71.1 Å².